The Morgan fingerprint density at radius 3 is 2.33 bits per heavy atom. The fraction of sp³-hybridized carbons (Fsp3) is 0.487. The van der Waals surface area contributed by atoms with Gasteiger partial charge in [0.15, 0.2) is 6.29 Å². The van der Waals surface area contributed by atoms with E-state index in [0.717, 1.165) is 59.4 Å². The normalized spacial score (nSPS) is 23.1. The number of likely N-dealkylation sites (tertiary alicyclic amines) is 2. The third-order valence-corrected chi connectivity index (χ3v) is 10.1. The van der Waals surface area contributed by atoms with E-state index in [-0.39, 0.29) is 37.6 Å². The van der Waals surface area contributed by atoms with Crippen molar-refractivity contribution in [1.29, 1.82) is 0 Å². The standard InChI is InChI=1S/C39H50N4O6/c44-27-28-14-16-30(17-15-28)36-23-35(26-43-20-6-11-34(43)25-42-18-1-2-19-42)48-39(49-36)33-10-4-9-32(22-33)31-8-3-7-29(21-31)24-40-37(45)12-5-13-38(46)41-47/h3-4,7-10,14-17,21-22,34-36,39,44,47H,1-2,5-6,11-13,18-20,23-27H2,(H,40,45)(H,41,46)/t34-,35+,36-,39-/m0/s1. The van der Waals surface area contributed by atoms with Crippen molar-refractivity contribution in [3.8, 4) is 11.1 Å². The molecule has 3 saturated heterocycles. The second kappa shape index (κ2) is 17.3. The Morgan fingerprint density at radius 1 is 0.796 bits per heavy atom. The number of amides is 2. The molecule has 0 spiro atoms. The van der Waals surface area contributed by atoms with Crippen LogP contribution in [-0.4, -0.2) is 76.8 Å². The largest absolute Gasteiger partial charge is 0.392 e. The molecule has 10 nitrogen and oxygen atoms in total. The third-order valence-electron chi connectivity index (χ3n) is 10.1. The molecule has 10 heteroatoms. The topological polar surface area (TPSA) is 124 Å². The van der Waals surface area contributed by atoms with Crippen LogP contribution in [0.25, 0.3) is 11.1 Å². The Labute approximate surface area is 289 Å². The van der Waals surface area contributed by atoms with Crippen molar-refractivity contribution in [3.63, 3.8) is 0 Å². The number of carbonyl (C=O) groups is 2. The summed E-state index contributed by atoms with van der Waals surface area (Å²) < 4.78 is 13.5. The van der Waals surface area contributed by atoms with Crippen LogP contribution in [0, 0.1) is 0 Å². The summed E-state index contributed by atoms with van der Waals surface area (Å²) in [6.45, 7) is 5.95. The zero-order valence-electron chi connectivity index (χ0n) is 28.3. The Balaban J connectivity index is 1.15. The van der Waals surface area contributed by atoms with Gasteiger partial charge in [0.25, 0.3) is 0 Å². The summed E-state index contributed by atoms with van der Waals surface area (Å²) in [4.78, 5) is 28.8. The van der Waals surface area contributed by atoms with Gasteiger partial charge in [-0.2, -0.15) is 0 Å². The number of rotatable bonds is 14. The van der Waals surface area contributed by atoms with E-state index in [0.29, 0.717) is 19.0 Å². The van der Waals surface area contributed by atoms with Crippen molar-refractivity contribution in [1.82, 2.24) is 20.6 Å². The van der Waals surface area contributed by atoms with E-state index in [9.17, 15) is 14.7 Å². The average Bonchev–Trinajstić information content (AvgIpc) is 3.83. The first-order valence-corrected chi connectivity index (χ1v) is 17.8. The number of aliphatic hydroxyl groups is 1. The average molecular weight is 671 g/mol. The van der Waals surface area contributed by atoms with Crippen LogP contribution in [0.3, 0.4) is 0 Å². The highest BCUT2D eigenvalue weighted by molar-refractivity contribution is 5.78. The number of ether oxygens (including phenoxy) is 2. The first kappa shape index (κ1) is 35.2. The van der Waals surface area contributed by atoms with Gasteiger partial charge in [-0.05, 0) is 91.7 Å². The molecule has 3 aromatic rings. The highest BCUT2D eigenvalue weighted by Gasteiger charge is 2.36. The van der Waals surface area contributed by atoms with E-state index in [2.05, 4.69) is 57.6 Å². The van der Waals surface area contributed by atoms with Gasteiger partial charge in [-0.3, -0.25) is 19.7 Å². The molecule has 49 heavy (non-hydrogen) atoms. The molecule has 6 rings (SSSR count). The molecule has 3 aromatic carbocycles. The quantitative estimate of drug-likeness (QED) is 0.136. The van der Waals surface area contributed by atoms with E-state index in [1.165, 1.54) is 38.8 Å². The number of nitrogens with zero attached hydrogens (tertiary/aromatic N) is 2. The lowest BCUT2D eigenvalue weighted by atomic mass is 9.98. The van der Waals surface area contributed by atoms with Gasteiger partial charge in [-0.15, -0.1) is 0 Å². The number of carbonyl (C=O) groups excluding carboxylic acids is 2. The third kappa shape index (κ3) is 9.75. The van der Waals surface area contributed by atoms with Crippen molar-refractivity contribution in [3.05, 3.63) is 95.1 Å². The molecule has 262 valence electrons. The summed E-state index contributed by atoms with van der Waals surface area (Å²) >= 11 is 0. The molecule has 3 heterocycles. The van der Waals surface area contributed by atoms with E-state index < -0.39 is 12.2 Å². The molecule has 0 aromatic heterocycles. The number of nitrogens with one attached hydrogen (secondary N) is 2. The zero-order valence-corrected chi connectivity index (χ0v) is 28.3. The smallest absolute Gasteiger partial charge is 0.243 e. The molecular weight excluding hydrogens is 620 g/mol. The van der Waals surface area contributed by atoms with Gasteiger partial charge in [0.1, 0.15) is 0 Å². The van der Waals surface area contributed by atoms with Crippen molar-refractivity contribution in [2.45, 2.75) is 89.1 Å². The second-order valence-corrected chi connectivity index (χ2v) is 13.6. The Morgan fingerprint density at radius 2 is 1.55 bits per heavy atom. The zero-order chi connectivity index (χ0) is 34.0. The van der Waals surface area contributed by atoms with E-state index in [4.69, 9.17) is 14.7 Å². The second-order valence-electron chi connectivity index (χ2n) is 13.6. The van der Waals surface area contributed by atoms with Crippen molar-refractivity contribution in [2.75, 3.05) is 32.7 Å². The predicted molar refractivity (Wildman–Crippen MR) is 186 cm³/mol. The Hall–Kier alpha value is -3.64. The molecule has 0 unspecified atom stereocenters. The van der Waals surface area contributed by atoms with Gasteiger partial charge in [0.05, 0.1) is 18.8 Å². The summed E-state index contributed by atoms with van der Waals surface area (Å²) in [7, 11) is 0. The number of hydroxylamine groups is 1. The van der Waals surface area contributed by atoms with Crippen LogP contribution in [0.4, 0.5) is 0 Å². The Kier molecular flexibility index (Phi) is 12.5. The molecule has 4 atom stereocenters. The number of benzene rings is 3. The van der Waals surface area contributed by atoms with E-state index in [1.54, 1.807) is 5.48 Å². The maximum absolute atomic E-state index is 12.3. The SMILES string of the molecule is O=C(CCCC(=O)NCc1cccc(-c2cccc([C@H]3O[C@@H](CN4CCC[C@H]4CN4CCCC4)C[C@@H](c4ccc(CO)cc4)O3)c2)c1)NO. The fourth-order valence-corrected chi connectivity index (χ4v) is 7.38. The van der Waals surface area contributed by atoms with Crippen LogP contribution in [0.5, 0.6) is 0 Å². The summed E-state index contributed by atoms with van der Waals surface area (Å²) in [5.74, 6) is -0.640. The Bertz CT molecular complexity index is 1530. The van der Waals surface area contributed by atoms with Crippen LogP contribution >= 0.6 is 0 Å². The minimum absolute atomic E-state index is 0.00839. The lowest BCUT2D eigenvalue weighted by Gasteiger charge is -2.39. The maximum atomic E-state index is 12.3. The first-order valence-electron chi connectivity index (χ1n) is 17.8. The summed E-state index contributed by atoms with van der Waals surface area (Å²) in [5.41, 5.74) is 7.54. The molecule has 0 radical (unpaired) electrons. The lowest BCUT2D eigenvalue weighted by Crippen LogP contribution is -2.45. The number of hydrogen-bond acceptors (Lipinski definition) is 8. The minimum Gasteiger partial charge on any atom is -0.392 e. The molecule has 2 amide bonds. The predicted octanol–water partition coefficient (Wildman–Crippen LogP) is 5.24. The molecule has 3 fully saturated rings. The highest BCUT2D eigenvalue weighted by atomic mass is 16.7. The van der Waals surface area contributed by atoms with Crippen LogP contribution < -0.4 is 10.8 Å². The fourth-order valence-electron chi connectivity index (χ4n) is 7.38. The molecule has 4 N–H and O–H groups in total. The summed E-state index contributed by atoms with van der Waals surface area (Å²) in [6, 6.07) is 25.0. The first-order chi connectivity index (χ1) is 24.0. The van der Waals surface area contributed by atoms with Gasteiger partial charge in [0, 0.05) is 50.5 Å². The van der Waals surface area contributed by atoms with E-state index >= 15 is 0 Å². The van der Waals surface area contributed by atoms with Crippen LogP contribution in [0.1, 0.15) is 86.0 Å². The maximum Gasteiger partial charge on any atom is 0.243 e. The summed E-state index contributed by atoms with van der Waals surface area (Å²) in [5, 5.41) is 21.2. The van der Waals surface area contributed by atoms with Gasteiger partial charge < -0.3 is 24.8 Å². The van der Waals surface area contributed by atoms with Gasteiger partial charge >= 0.3 is 0 Å². The van der Waals surface area contributed by atoms with Crippen molar-refractivity contribution >= 4 is 11.8 Å². The molecule has 3 aliphatic rings. The van der Waals surface area contributed by atoms with Gasteiger partial charge in [0.2, 0.25) is 11.8 Å². The minimum atomic E-state index is -0.531. The lowest BCUT2D eigenvalue weighted by molar-refractivity contribution is -0.253. The van der Waals surface area contributed by atoms with Crippen LogP contribution in [-0.2, 0) is 32.2 Å². The monoisotopic (exact) mass is 670 g/mol. The van der Waals surface area contributed by atoms with Gasteiger partial charge in [-0.1, -0.05) is 60.7 Å². The van der Waals surface area contributed by atoms with Crippen molar-refractivity contribution < 1.29 is 29.4 Å². The number of aliphatic hydroxyl groups excluding tert-OH is 1. The number of hydrogen-bond donors (Lipinski definition) is 4. The molecular formula is C39H50N4O6. The van der Waals surface area contributed by atoms with Crippen molar-refractivity contribution in [2.24, 2.45) is 0 Å². The highest BCUT2D eigenvalue weighted by Crippen LogP contribution is 2.39. The van der Waals surface area contributed by atoms with Crippen LogP contribution in [0.2, 0.25) is 0 Å². The van der Waals surface area contributed by atoms with Gasteiger partial charge in [-0.25, -0.2) is 5.48 Å². The van der Waals surface area contributed by atoms with Crippen LogP contribution in [0.15, 0.2) is 72.8 Å². The molecule has 0 saturated carbocycles. The molecule has 0 aliphatic carbocycles. The molecule has 3 aliphatic heterocycles. The molecule has 0 bridgehead atoms. The van der Waals surface area contributed by atoms with E-state index in [1.807, 2.05) is 30.3 Å². The summed E-state index contributed by atoms with van der Waals surface area (Å²) in [6.07, 6.45) is 5.86.